The van der Waals surface area contributed by atoms with Crippen molar-refractivity contribution >= 4 is 39.9 Å². The zero-order valence-electron chi connectivity index (χ0n) is 10.6. The van der Waals surface area contributed by atoms with Gasteiger partial charge in [-0.1, -0.05) is 23.7 Å². The Morgan fingerprint density at radius 2 is 2.11 bits per heavy atom. The molecule has 0 bridgehead atoms. The summed E-state index contributed by atoms with van der Waals surface area (Å²) in [6, 6.07) is 12.2. The zero-order valence-corrected chi connectivity index (χ0v) is 12.1. The molecule has 0 aliphatic carbocycles. The van der Waals surface area contributed by atoms with Crippen molar-refractivity contribution in [3.05, 3.63) is 45.6 Å². The van der Waals surface area contributed by atoms with E-state index >= 15 is 0 Å². The minimum Gasteiger partial charge on any atom is -0.355 e. The molecular formula is C14H14ClN3S. The third-order valence-electron chi connectivity index (χ3n) is 3.07. The number of aromatic nitrogens is 2. The van der Waals surface area contributed by atoms with Crippen LogP contribution in [-0.2, 0) is 13.5 Å². The second kappa shape index (κ2) is 5.23. The number of nitrogens with zero attached hydrogens (tertiary/aromatic N) is 2. The Balaban J connectivity index is 1.70. The van der Waals surface area contributed by atoms with Crippen LogP contribution >= 0.6 is 22.9 Å². The standard InChI is InChI=1S/C14H14ClN3S/c1-18-12-5-3-2-4-11(12)17-14(18)16-9-8-10-6-7-13(15)19-10/h2-7H,8-9H2,1H3,(H,16,17). The smallest absolute Gasteiger partial charge is 0.203 e. The van der Waals surface area contributed by atoms with Gasteiger partial charge in [-0.25, -0.2) is 4.98 Å². The molecule has 3 aromatic rings. The molecule has 2 heterocycles. The molecule has 0 aliphatic rings. The van der Waals surface area contributed by atoms with E-state index in [1.807, 2.05) is 31.3 Å². The average molecular weight is 292 g/mol. The molecule has 3 nitrogen and oxygen atoms in total. The van der Waals surface area contributed by atoms with Crippen LogP contribution in [0.25, 0.3) is 11.0 Å². The largest absolute Gasteiger partial charge is 0.355 e. The number of nitrogens with one attached hydrogen (secondary N) is 1. The molecule has 0 spiro atoms. The highest BCUT2D eigenvalue weighted by molar-refractivity contribution is 7.16. The normalized spacial score (nSPS) is 11.1. The molecule has 0 unspecified atom stereocenters. The molecule has 0 fully saturated rings. The molecule has 0 saturated carbocycles. The van der Waals surface area contributed by atoms with Crippen molar-refractivity contribution < 1.29 is 0 Å². The Hall–Kier alpha value is -1.52. The summed E-state index contributed by atoms with van der Waals surface area (Å²) in [7, 11) is 2.03. The maximum absolute atomic E-state index is 5.92. The summed E-state index contributed by atoms with van der Waals surface area (Å²) in [5.41, 5.74) is 2.16. The summed E-state index contributed by atoms with van der Waals surface area (Å²) in [5, 5.41) is 3.38. The van der Waals surface area contributed by atoms with Gasteiger partial charge in [-0.3, -0.25) is 0 Å². The van der Waals surface area contributed by atoms with Crippen molar-refractivity contribution in [2.75, 3.05) is 11.9 Å². The van der Waals surface area contributed by atoms with Gasteiger partial charge in [-0.15, -0.1) is 11.3 Å². The van der Waals surface area contributed by atoms with E-state index in [1.165, 1.54) is 4.88 Å². The second-order valence-corrected chi connectivity index (χ2v) is 6.17. The highest BCUT2D eigenvalue weighted by atomic mass is 35.5. The van der Waals surface area contributed by atoms with Gasteiger partial charge >= 0.3 is 0 Å². The van der Waals surface area contributed by atoms with Gasteiger partial charge in [-0.2, -0.15) is 0 Å². The van der Waals surface area contributed by atoms with Crippen LogP contribution < -0.4 is 5.32 Å². The Bertz CT molecular complexity index is 702. The molecule has 98 valence electrons. The van der Waals surface area contributed by atoms with Crippen LogP contribution in [0.5, 0.6) is 0 Å². The van der Waals surface area contributed by atoms with Crippen LogP contribution in [0.4, 0.5) is 5.95 Å². The van der Waals surface area contributed by atoms with Gasteiger partial charge in [0.25, 0.3) is 0 Å². The van der Waals surface area contributed by atoms with E-state index in [0.717, 1.165) is 34.3 Å². The third kappa shape index (κ3) is 2.60. The fourth-order valence-corrected chi connectivity index (χ4v) is 3.17. The Labute approximate surface area is 120 Å². The van der Waals surface area contributed by atoms with Crippen LogP contribution in [0.15, 0.2) is 36.4 Å². The van der Waals surface area contributed by atoms with E-state index in [4.69, 9.17) is 11.6 Å². The SMILES string of the molecule is Cn1c(NCCc2ccc(Cl)s2)nc2ccccc21. The predicted octanol–water partition coefficient (Wildman–Crippen LogP) is 3.94. The van der Waals surface area contributed by atoms with Gasteiger partial charge in [0.15, 0.2) is 0 Å². The first-order valence-electron chi connectivity index (χ1n) is 6.13. The summed E-state index contributed by atoms with van der Waals surface area (Å²) in [6.07, 6.45) is 0.959. The summed E-state index contributed by atoms with van der Waals surface area (Å²) in [5.74, 6) is 0.906. The summed E-state index contributed by atoms with van der Waals surface area (Å²) >= 11 is 7.55. The number of anilines is 1. The first kappa shape index (κ1) is 12.5. The quantitative estimate of drug-likeness (QED) is 0.789. The number of rotatable bonds is 4. The van der Waals surface area contributed by atoms with Crippen molar-refractivity contribution in [2.24, 2.45) is 7.05 Å². The monoisotopic (exact) mass is 291 g/mol. The lowest BCUT2D eigenvalue weighted by atomic mass is 10.3. The number of imidazole rings is 1. The molecule has 1 aromatic carbocycles. The highest BCUT2D eigenvalue weighted by Gasteiger charge is 2.06. The number of halogens is 1. The fourth-order valence-electron chi connectivity index (χ4n) is 2.09. The second-order valence-electron chi connectivity index (χ2n) is 4.37. The van der Waals surface area contributed by atoms with Crippen molar-refractivity contribution in [3.8, 4) is 0 Å². The van der Waals surface area contributed by atoms with E-state index in [9.17, 15) is 0 Å². The van der Waals surface area contributed by atoms with Crippen molar-refractivity contribution in [1.82, 2.24) is 9.55 Å². The van der Waals surface area contributed by atoms with Crippen LogP contribution in [0.3, 0.4) is 0 Å². The van der Waals surface area contributed by atoms with Crippen LogP contribution in [0.1, 0.15) is 4.88 Å². The van der Waals surface area contributed by atoms with Crippen LogP contribution in [-0.4, -0.2) is 16.1 Å². The molecule has 0 saturated heterocycles. The number of aryl methyl sites for hydroxylation is 1. The van der Waals surface area contributed by atoms with E-state index in [0.29, 0.717) is 0 Å². The van der Waals surface area contributed by atoms with Crippen molar-refractivity contribution in [1.29, 1.82) is 0 Å². The summed E-state index contributed by atoms with van der Waals surface area (Å²) in [6.45, 7) is 0.855. The van der Waals surface area contributed by atoms with E-state index in [-0.39, 0.29) is 0 Å². The first-order valence-corrected chi connectivity index (χ1v) is 7.33. The molecule has 3 rings (SSSR count). The highest BCUT2D eigenvalue weighted by Crippen LogP contribution is 2.22. The van der Waals surface area contributed by atoms with Gasteiger partial charge in [0.1, 0.15) is 0 Å². The number of hydrogen-bond donors (Lipinski definition) is 1. The topological polar surface area (TPSA) is 29.9 Å². The molecule has 0 amide bonds. The number of hydrogen-bond acceptors (Lipinski definition) is 3. The average Bonchev–Trinajstić information content (AvgIpc) is 2.96. The van der Waals surface area contributed by atoms with Crippen molar-refractivity contribution in [2.45, 2.75) is 6.42 Å². The molecule has 5 heteroatoms. The van der Waals surface area contributed by atoms with E-state index in [1.54, 1.807) is 11.3 Å². The molecule has 19 heavy (non-hydrogen) atoms. The lowest BCUT2D eigenvalue weighted by Crippen LogP contribution is -2.08. The van der Waals surface area contributed by atoms with E-state index < -0.39 is 0 Å². The minimum absolute atomic E-state index is 0.845. The molecule has 2 aromatic heterocycles. The van der Waals surface area contributed by atoms with Crippen LogP contribution in [0, 0.1) is 0 Å². The Morgan fingerprint density at radius 1 is 1.26 bits per heavy atom. The molecule has 0 atom stereocenters. The Kier molecular flexibility index (Phi) is 3.44. The molecule has 0 aliphatic heterocycles. The minimum atomic E-state index is 0.845. The lowest BCUT2D eigenvalue weighted by Gasteiger charge is -2.05. The maximum atomic E-state index is 5.92. The number of fused-ring (bicyclic) bond motifs is 1. The molecule has 1 N–H and O–H groups in total. The number of benzene rings is 1. The summed E-state index contributed by atoms with van der Waals surface area (Å²) < 4.78 is 2.93. The predicted molar refractivity (Wildman–Crippen MR) is 82.2 cm³/mol. The zero-order chi connectivity index (χ0) is 13.2. The van der Waals surface area contributed by atoms with Gasteiger partial charge in [0.2, 0.25) is 5.95 Å². The van der Waals surface area contributed by atoms with E-state index in [2.05, 4.69) is 27.0 Å². The molecule has 0 radical (unpaired) electrons. The Morgan fingerprint density at radius 3 is 2.84 bits per heavy atom. The van der Waals surface area contributed by atoms with Gasteiger partial charge in [0, 0.05) is 18.5 Å². The summed E-state index contributed by atoms with van der Waals surface area (Å²) in [4.78, 5) is 5.87. The molecular weight excluding hydrogens is 278 g/mol. The lowest BCUT2D eigenvalue weighted by molar-refractivity contribution is 0.916. The first-order chi connectivity index (χ1) is 9.24. The number of thiophene rings is 1. The van der Waals surface area contributed by atoms with Gasteiger partial charge in [-0.05, 0) is 30.7 Å². The van der Waals surface area contributed by atoms with Gasteiger partial charge in [0.05, 0.1) is 15.4 Å². The van der Waals surface area contributed by atoms with Gasteiger partial charge < -0.3 is 9.88 Å². The van der Waals surface area contributed by atoms with Crippen molar-refractivity contribution in [3.63, 3.8) is 0 Å². The fraction of sp³-hybridized carbons (Fsp3) is 0.214. The maximum Gasteiger partial charge on any atom is 0.203 e. The number of para-hydroxylation sites is 2. The third-order valence-corrected chi connectivity index (χ3v) is 4.36. The van der Waals surface area contributed by atoms with Crippen LogP contribution in [0.2, 0.25) is 4.34 Å².